The molecular formula is C26H25Cl2NO4. The van der Waals surface area contributed by atoms with Crippen LogP contribution in [-0.2, 0) is 11.2 Å². The van der Waals surface area contributed by atoms with E-state index in [1.54, 1.807) is 24.1 Å². The molecule has 33 heavy (non-hydrogen) atoms. The van der Waals surface area contributed by atoms with Gasteiger partial charge in [0.25, 0.3) is 0 Å². The predicted octanol–water partition coefficient (Wildman–Crippen LogP) is 6.48. The number of rotatable bonds is 7. The third kappa shape index (κ3) is 4.61. The van der Waals surface area contributed by atoms with Gasteiger partial charge in [0.1, 0.15) is 5.75 Å². The second-order valence-electron chi connectivity index (χ2n) is 7.58. The summed E-state index contributed by atoms with van der Waals surface area (Å²) in [4.78, 5) is 15.3. The Hall–Kier alpha value is -2.89. The van der Waals surface area contributed by atoms with E-state index in [4.69, 9.17) is 37.4 Å². The van der Waals surface area contributed by atoms with Crippen molar-refractivity contribution in [1.29, 1.82) is 0 Å². The van der Waals surface area contributed by atoms with Gasteiger partial charge in [-0.05, 0) is 73.0 Å². The smallest absolute Gasteiger partial charge is 0.232 e. The number of methoxy groups -OCH3 is 1. The van der Waals surface area contributed by atoms with E-state index in [0.717, 1.165) is 16.7 Å². The van der Waals surface area contributed by atoms with Crippen molar-refractivity contribution in [3.8, 4) is 17.2 Å². The molecule has 0 unspecified atom stereocenters. The van der Waals surface area contributed by atoms with Crippen LogP contribution in [0.1, 0.15) is 36.6 Å². The number of ether oxygens (including phenoxy) is 3. The standard InChI is InChI=1S/C26H25Cl2NO4/c1-4-32-23-12-17-13-25(30)29(19-10-11-22(31-3)21(28)14-19)26(16-6-8-18(27)9-7-16)20(17)15-24(23)33-5-2/h6-12,14-15,26H,4-5,13H2,1-3H3/t26-/m0/s1. The van der Waals surface area contributed by atoms with Gasteiger partial charge in [-0.15, -0.1) is 0 Å². The van der Waals surface area contributed by atoms with Crippen molar-refractivity contribution in [2.75, 3.05) is 25.2 Å². The topological polar surface area (TPSA) is 48.0 Å². The summed E-state index contributed by atoms with van der Waals surface area (Å²) in [5.41, 5.74) is 3.48. The summed E-state index contributed by atoms with van der Waals surface area (Å²) in [6.07, 6.45) is 0.232. The largest absolute Gasteiger partial charge is 0.495 e. The minimum Gasteiger partial charge on any atom is -0.495 e. The minimum atomic E-state index is -0.391. The molecule has 0 bridgehead atoms. The fourth-order valence-corrected chi connectivity index (χ4v) is 4.54. The van der Waals surface area contributed by atoms with Crippen molar-refractivity contribution >= 4 is 34.8 Å². The third-order valence-electron chi connectivity index (χ3n) is 5.57. The number of hydrogen-bond donors (Lipinski definition) is 0. The van der Waals surface area contributed by atoms with Crippen LogP contribution in [0.25, 0.3) is 0 Å². The van der Waals surface area contributed by atoms with E-state index in [-0.39, 0.29) is 12.3 Å². The molecule has 3 aromatic carbocycles. The first kappa shape index (κ1) is 23.3. The van der Waals surface area contributed by atoms with Crippen LogP contribution < -0.4 is 19.1 Å². The number of fused-ring (bicyclic) bond motifs is 1. The maximum absolute atomic E-state index is 13.5. The van der Waals surface area contributed by atoms with Crippen LogP contribution in [0, 0.1) is 0 Å². The van der Waals surface area contributed by atoms with Gasteiger partial charge in [0.15, 0.2) is 11.5 Å². The Kier molecular flexibility index (Phi) is 7.01. The molecule has 3 aromatic rings. The second-order valence-corrected chi connectivity index (χ2v) is 8.42. The second kappa shape index (κ2) is 9.94. The van der Waals surface area contributed by atoms with Crippen molar-refractivity contribution < 1.29 is 19.0 Å². The van der Waals surface area contributed by atoms with E-state index in [9.17, 15) is 4.79 Å². The van der Waals surface area contributed by atoms with Crippen LogP contribution >= 0.6 is 23.2 Å². The molecule has 0 spiro atoms. The van der Waals surface area contributed by atoms with Gasteiger partial charge in [-0.3, -0.25) is 4.79 Å². The number of hydrogen-bond acceptors (Lipinski definition) is 4. The summed E-state index contributed by atoms with van der Waals surface area (Å²) in [7, 11) is 1.56. The zero-order chi connectivity index (χ0) is 23.5. The van der Waals surface area contributed by atoms with E-state index in [2.05, 4.69) is 0 Å². The lowest BCUT2D eigenvalue weighted by molar-refractivity contribution is -0.118. The number of halogens is 2. The quantitative estimate of drug-likeness (QED) is 0.384. The van der Waals surface area contributed by atoms with Crippen molar-refractivity contribution in [1.82, 2.24) is 0 Å². The Morgan fingerprint density at radius 2 is 1.58 bits per heavy atom. The molecule has 0 radical (unpaired) electrons. The lowest BCUT2D eigenvalue weighted by Crippen LogP contribution is -2.41. The van der Waals surface area contributed by atoms with Crippen molar-refractivity contribution in [3.05, 3.63) is 81.3 Å². The molecule has 1 aliphatic heterocycles. The average molecular weight is 486 g/mol. The van der Waals surface area contributed by atoms with E-state index < -0.39 is 6.04 Å². The zero-order valence-electron chi connectivity index (χ0n) is 18.7. The molecule has 0 saturated heterocycles. The first-order valence-electron chi connectivity index (χ1n) is 10.8. The van der Waals surface area contributed by atoms with E-state index in [0.29, 0.717) is 46.2 Å². The zero-order valence-corrected chi connectivity index (χ0v) is 20.2. The molecule has 0 fully saturated rings. The molecule has 0 N–H and O–H groups in total. The summed E-state index contributed by atoms with van der Waals surface area (Å²) in [5, 5.41) is 1.06. The molecule has 0 saturated carbocycles. The molecule has 1 amide bonds. The highest BCUT2D eigenvalue weighted by molar-refractivity contribution is 6.32. The lowest BCUT2D eigenvalue weighted by atomic mass is 9.87. The molecular weight excluding hydrogens is 461 g/mol. The maximum atomic E-state index is 13.5. The Morgan fingerprint density at radius 3 is 2.18 bits per heavy atom. The molecule has 7 heteroatoms. The Labute approximate surface area is 203 Å². The minimum absolute atomic E-state index is 0.0460. The highest BCUT2D eigenvalue weighted by Crippen LogP contribution is 2.44. The average Bonchev–Trinajstić information content (AvgIpc) is 2.80. The normalized spacial score (nSPS) is 15.2. The van der Waals surface area contributed by atoms with Crippen LogP contribution in [0.4, 0.5) is 5.69 Å². The van der Waals surface area contributed by atoms with Crippen LogP contribution in [0.5, 0.6) is 17.2 Å². The Balaban J connectivity index is 1.92. The summed E-state index contributed by atoms with van der Waals surface area (Å²) < 4.78 is 17.0. The highest BCUT2D eigenvalue weighted by atomic mass is 35.5. The number of carbonyl (C=O) groups excluding carboxylic acids is 1. The summed E-state index contributed by atoms with van der Waals surface area (Å²) >= 11 is 12.6. The predicted molar refractivity (Wildman–Crippen MR) is 131 cm³/mol. The molecule has 172 valence electrons. The molecule has 0 aliphatic carbocycles. The van der Waals surface area contributed by atoms with Gasteiger partial charge in [-0.25, -0.2) is 0 Å². The Morgan fingerprint density at radius 1 is 0.909 bits per heavy atom. The summed E-state index contributed by atoms with van der Waals surface area (Å²) in [6.45, 7) is 4.86. The molecule has 1 atom stereocenters. The fourth-order valence-electron chi connectivity index (χ4n) is 4.17. The molecule has 5 nitrogen and oxygen atoms in total. The number of amides is 1. The van der Waals surface area contributed by atoms with Crippen molar-refractivity contribution in [3.63, 3.8) is 0 Å². The van der Waals surface area contributed by atoms with Crippen molar-refractivity contribution in [2.45, 2.75) is 26.3 Å². The summed E-state index contributed by atoms with van der Waals surface area (Å²) in [6, 6.07) is 16.4. The lowest BCUT2D eigenvalue weighted by Gasteiger charge is -2.38. The van der Waals surface area contributed by atoms with E-state index in [1.165, 1.54) is 0 Å². The van der Waals surface area contributed by atoms with Crippen LogP contribution in [0.15, 0.2) is 54.6 Å². The number of nitrogens with zero attached hydrogens (tertiary/aromatic N) is 1. The number of carbonyl (C=O) groups is 1. The van der Waals surface area contributed by atoms with Gasteiger partial charge in [0, 0.05) is 10.7 Å². The van der Waals surface area contributed by atoms with Gasteiger partial charge in [0.05, 0.1) is 37.8 Å². The SMILES string of the molecule is CCOc1cc2c(cc1OCC)[C@H](c1ccc(Cl)cc1)N(c1ccc(OC)c(Cl)c1)C(=O)C2. The third-order valence-corrected chi connectivity index (χ3v) is 6.12. The molecule has 0 aromatic heterocycles. The maximum Gasteiger partial charge on any atom is 0.232 e. The molecule has 4 rings (SSSR count). The number of anilines is 1. The van der Waals surface area contributed by atoms with E-state index >= 15 is 0 Å². The van der Waals surface area contributed by atoms with Crippen LogP contribution in [0.2, 0.25) is 10.0 Å². The van der Waals surface area contributed by atoms with E-state index in [1.807, 2.05) is 56.3 Å². The van der Waals surface area contributed by atoms with Gasteiger partial charge in [0.2, 0.25) is 5.91 Å². The molecule has 1 aliphatic rings. The van der Waals surface area contributed by atoms with Crippen LogP contribution in [0.3, 0.4) is 0 Å². The highest BCUT2D eigenvalue weighted by Gasteiger charge is 2.36. The van der Waals surface area contributed by atoms with Gasteiger partial charge >= 0.3 is 0 Å². The van der Waals surface area contributed by atoms with Gasteiger partial charge in [-0.1, -0.05) is 35.3 Å². The van der Waals surface area contributed by atoms with Crippen LogP contribution in [-0.4, -0.2) is 26.2 Å². The first-order chi connectivity index (χ1) is 16.0. The fraction of sp³-hybridized carbons (Fsp3) is 0.269. The van der Waals surface area contributed by atoms with Crippen molar-refractivity contribution in [2.24, 2.45) is 0 Å². The first-order valence-corrected chi connectivity index (χ1v) is 11.6. The monoisotopic (exact) mass is 485 g/mol. The Bertz CT molecular complexity index is 1160. The molecule has 1 heterocycles. The van der Waals surface area contributed by atoms with Gasteiger partial charge in [-0.2, -0.15) is 0 Å². The summed E-state index contributed by atoms with van der Waals surface area (Å²) in [5.74, 6) is 1.80. The van der Waals surface area contributed by atoms with Gasteiger partial charge < -0.3 is 19.1 Å². The number of benzene rings is 3.